The van der Waals surface area contributed by atoms with Crippen molar-refractivity contribution in [2.45, 2.75) is 6.92 Å². The van der Waals surface area contributed by atoms with E-state index in [1.165, 1.54) is 5.69 Å². The normalized spacial score (nSPS) is 16.8. The minimum atomic E-state index is -0.196. The van der Waals surface area contributed by atoms with E-state index < -0.39 is 0 Å². The number of amides is 2. The molecule has 3 N–H and O–H groups in total. The number of nitrogens with one attached hydrogen (secondary N) is 3. The standard InChI is InChI=1S/C29H31N5O2/c1-3-30-28(35)21-9-14-24-25(19-21)32-29(36)26(24)27(20-7-5-4-6-8-20)31-22-10-12-23(13-11-22)34-17-15-33(2)16-18-34/h4-14,19,31H,3,15-18H2,1-2H3,(H,30,35)(H,32,36)/b27-26-. The van der Waals surface area contributed by atoms with Gasteiger partial charge in [0.1, 0.15) is 0 Å². The molecule has 2 amide bonds. The van der Waals surface area contributed by atoms with Crippen LogP contribution in [0.5, 0.6) is 0 Å². The van der Waals surface area contributed by atoms with Gasteiger partial charge in [-0.2, -0.15) is 0 Å². The van der Waals surface area contributed by atoms with Crippen LogP contribution in [0.4, 0.5) is 17.1 Å². The smallest absolute Gasteiger partial charge is 0.258 e. The fraction of sp³-hybridized carbons (Fsp3) is 0.241. The lowest BCUT2D eigenvalue weighted by Gasteiger charge is -2.34. The van der Waals surface area contributed by atoms with Crippen molar-refractivity contribution in [1.29, 1.82) is 0 Å². The fourth-order valence-electron chi connectivity index (χ4n) is 4.67. The summed E-state index contributed by atoms with van der Waals surface area (Å²) in [5, 5.41) is 9.27. The number of hydrogen-bond acceptors (Lipinski definition) is 5. The first-order valence-corrected chi connectivity index (χ1v) is 12.4. The first-order chi connectivity index (χ1) is 17.5. The summed E-state index contributed by atoms with van der Waals surface area (Å²) in [4.78, 5) is 30.3. The second-order valence-electron chi connectivity index (χ2n) is 9.15. The van der Waals surface area contributed by atoms with Crippen molar-refractivity contribution in [2.75, 3.05) is 55.3 Å². The predicted octanol–water partition coefficient (Wildman–Crippen LogP) is 4.12. The van der Waals surface area contributed by atoms with Crippen LogP contribution in [-0.4, -0.2) is 56.5 Å². The van der Waals surface area contributed by atoms with Gasteiger partial charge in [-0.25, -0.2) is 0 Å². The number of hydrogen-bond donors (Lipinski definition) is 3. The van der Waals surface area contributed by atoms with E-state index in [4.69, 9.17) is 0 Å². The molecule has 5 rings (SSSR count). The molecule has 0 atom stereocenters. The Kier molecular flexibility index (Phi) is 6.73. The summed E-state index contributed by atoms with van der Waals surface area (Å²) in [5.74, 6) is -0.354. The van der Waals surface area contributed by atoms with Crippen molar-refractivity contribution in [1.82, 2.24) is 10.2 Å². The highest BCUT2D eigenvalue weighted by molar-refractivity contribution is 6.37. The van der Waals surface area contributed by atoms with E-state index in [1.54, 1.807) is 12.1 Å². The highest BCUT2D eigenvalue weighted by Crippen LogP contribution is 2.38. The zero-order valence-corrected chi connectivity index (χ0v) is 20.7. The number of carbonyl (C=O) groups excluding carboxylic acids is 2. The Morgan fingerprint density at radius 2 is 1.64 bits per heavy atom. The molecule has 3 aromatic carbocycles. The third kappa shape index (κ3) is 4.83. The summed E-state index contributed by atoms with van der Waals surface area (Å²) in [6.45, 7) is 6.56. The summed E-state index contributed by atoms with van der Waals surface area (Å²) in [6, 6.07) is 23.6. The predicted molar refractivity (Wildman–Crippen MR) is 146 cm³/mol. The number of rotatable bonds is 6. The first-order valence-electron chi connectivity index (χ1n) is 12.4. The van der Waals surface area contributed by atoms with E-state index in [0.717, 1.165) is 48.7 Å². The van der Waals surface area contributed by atoms with Crippen LogP contribution in [0.25, 0.3) is 11.3 Å². The van der Waals surface area contributed by atoms with Crippen LogP contribution in [0.1, 0.15) is 28.4 Å². The molecule has 7 nitrogen and oxygen atoms in total. The van der Waals surface area contributed by atoms with Gasteiger partial charge in [0.25, 0.3) is 11.8 Å². The van der Waals surface area contributed by atoms with Crippen LogP contribution in [0.15, 0.2) is 72.8 Å². The molecule has 0 unspecified atom stereocenters. The van der Waals surface area contributed by atoms with E-state index in [0.29, 0.717) is 23.4 Å². The molecule has 184 valence electrons. The lowest BCUT2D eigenvalue weighted by molar-refractivity contribution is -0.110. The first kappa shape index (κ1) is 23.6. The monoisotopic (exact) mass is 481 g/mol. The van der Waals surface area contributed by atoms with Crippen molar-refractivity contribution in [3.63, 3.8) is 0 Å². The lowest BCUT2D eigenvalue weighted by atomic mass is 9.99. The number of piperazine rings is 1. The highest BCUT2D eigenvalue weighted by atomic mass is 16.2. The molecule has 7 heteroatoms. The van der Waals surface area contributed by atoms with Gasteiger partial charge in [-0.05, 0) is 55.9 Å². The molecular weight excluding hydrogens is 450 g/mol. The Morgan fingerprint density at radius 1 is 0.917 bits per heavy atom. The Morgan fingerprint density at radius 3 is 2.33 bits per heavy atom. The van der Waals surface area contributed by atoms with Gasteiger partial charge in [0, 0.05) is 60.9 Å². The maximum absolute atomic E-state index is 13.2. The van der Waals surface area contributed by atoms with Gasteiger partial charge >= 0.3 is 0 Å². The molecule has 1 fully saturated rings. The van der Waals surface area contributed by atoms with Gasteiger partial charge in [0.15, 0.2) is 0 Å². The number of anilines is 3. The molecule has 3 aromatic rings. The molecule has 2 aliphatic heterocycles. The fourth-order valence-corrected chi connectivity index (χ4v) is 4.67. The average Bonchev–Trinajstić information content (AvgIpc) is 3.23. The molecule has 0 aromatic heterocycles. The van der Waals surface area contributed by atoms with Crippen LogP contribution in [0, 0.1) is 0 Å². The third-order valence-electron chi connectivity index (χ3n) is 6.68. The average molecular weight is 482 g/mol. The van der Waals surface area contributed by atoms with Gasteiger partial charge in [0.2, 0.25) is 0 Å². The summed E-state index contributed by atoms with van der Waals surface area (Å²) < 4.78 is 0. The maximum Gasteiger partial charge on any atom is 0.258 e. The zero-order chi connectivity index (χ0) is 25.1. The molecule has 0 spiro atoms. The summed E-state index contributed by atoms with van der Waals surface area (Å²) in [7, 11) is 2.15. The van der Waals surface area contributed by atoms with Crippen molar-refractivity contribution >= 4 is 40.1 Å². The number of fused-ring (bicyclic) bond motifs is 1. The summed E-state index contributed by atoms with van der Waals surface area (Å²) in [6.07, 6.45) is 0. The van der Waals surface area contributed by atoms with Crippen LogP contribution < -0.4 is 20.9 Å². The molecule has 36 heavy (non-hydrogen) atoms. The maximum atomic E-state index is 13.2. The summed E-state index contributed by atoms with van der Waals surface area (Å²) >= 11 is 0. The lowest BCUT2D eigenvalue weighted by Crippen LogP contribution is -2.44. The minimum absolute atomic E-state index is 0.158. The van der Waals surface area contributed by atoms with Gasteiger partial charge in [0.05, 0.1) is 11.3 Å². The van der Waals surface area contributed by atoms with E-state index in [-0.39, 0.29) is 11.8 Å². The van der Waals surface area contributed by atoms with Gasteiger partial charge in [-0.3, -0.25) is 9.59 Å². The third-order valence-corrected chi connectivity index (χ3v) is 6.68. The second kappa shape index (κ2) is 10.3. The Bertz CT molecular complexity index is 1290. The molecule has 1 saturated heterocycles. The van der Waals surface area contributed by atoms with E-state index in [9.17, 15) is 9.59 Å². The molecule has 0 radical (unpaired) electrons. The zero-order valence-electron chi connectivity index (χ0n) is 20.7. The van der Waals surface area contributed by atoms with Crippen molar-refractivity contribution < 1.29 is 9.59 Å². The number of likely N-dealkylation sites (N-methyl/N-ethyl adjacent to an activating group) is 1. The number of carbonyl (C=O) groups is 2. The largest absolute Gasteiger partial charge is 0.369 e. The van der Waals surface area contributed by atoms with E-state index in [2.05, 4.69) is 57.1 Å². The topological polar surface area (TPSA) is 76.7 Å². The van der Waals surface area contributed by atoms with Gasteiger partial charge in [-0.15, -0.1) is 0 Å². The minimum Gasteiger partial charge on any atom is -0.369 e. The van der Waals surface area contributed by atoms with Crippen molar-refractivity contribution in [3.05, 3.63) is 89.5 Å². The molecule has 2 aliphatic rings. The molecule has 0 aliphatic carbocycles. The number of benzene rings is 3. The van der Waals surface area contributed by atoms with Crippen LogP contribution in [0.2, 0.25) is 0 Å². The van der Waals surface area contributed by atoms with Crippen LogP contribution in [-0.2, 0) is 4.79 Å². The second-order valence-corrected chi connectivity index (χ2v) is 9.15. The Balaban J connectivity index is 1.49. The van der Waals surface area contributed by atoms with Gasteiger partial charge < -0.3 is 25.8 Å². The van der Waals surface area contributed by atoms with Crippen LogP contribution in [0.3, 0.4) is 0 Å². The molecule has 2 heterocycles. The van der Waals surface area contributed by atoms with Crippen molar-refractivity contribution in [2.24, 2.45) is 0 Å². The molecule has 0 saturated carbocycles. The quantitative estimate of drug-likeness (QED) is 0.462. The highest BCUT2D eigenvalue weighted by Gasteiger charge is 2.29. The Labute approximate surface area is 211 Å². The van der Waals surface area contributed by atoms with Gasteiger partial charge in [-0.1, -0.05) is 36.4 Å². The van der Waals surface area contributed by atoms with E-state index >= 15 is 0 Å². The van der Waals surface area contributed by atoms with Crippen molar-refractivity contribution in [3.8, 4) is 0 Å². The van der Waals surface area contributed by atoms with Crippen LogP contribution >= 0.6 is 0 Å². The molecular formula is C29H31N5O2. The Hall–Kier alpha value is -4.10. The summed E-state index contributed by atoms with van der Waals surface area (Å²) in [5.41, 5.74) is 6.22. The molecule has 0 bridgehead atoms. The SMILES string of the molecule is CCNC(=O)c1ccc2c(c1)NC(=O)/C2=C(\Nc1ccc(N2CCN(C)CC2)cc1)c1ccccc1. The van der Waals surface area contributed by atoms with E-state index in [1.807, 2.05) is 43.3 Å². The number of nitrogens with zero attached hydrogens (tertiary/aromatic N) is 2.